The van der Waals surface area contributed by atoms with Crippen LogP contribution in [0.2, 0.25) is 10.0 Å². The van der Waals surface area contributed by atoms with Crippen molar-refractivity contribution in [1.82, 2.24) is 4.90 Å². The molecule has 1 aromatic carbocycles. The van der Waals surface area contributed by atoms with Crippen LogP contribution >= 0.6 is 50.5 Å². The van der Waals surface area contributed by atoms with Crippen molar-refractivity contribution in [3.05, 3.63) is 54.6 Å². The summed E-state index contributed by atoms with van der Waals surface area (Å²) in [4.78, 5) is 15.4. The Labute approximate surface area is 145 Å². The van der Waals surface area contributed by atoms with Gasteiger partial charge >= 0.3 is 0 Å². The number of rotatable bonds is 2. The molecule has 0 radical (unpaired) electrons. The molecule has 0 spiro atoms. The third-order valence-electron chi connectivity index (χ3n) is 3.65. The van der Waals surface area contributed by atoms with Crippen LogP contribution in [-0.4, -0.2) is 17.4 Å². The molecule has 1 saturated heterocycles. The van der Waals surface area contributed by atoms with E-state index in [-0.39, 0.29) is 11.9 Å². The Kier molecular flexibility index (Phi) is 4.60. The molecule has 3 rings (SSSR count). The van der Waals surface area contributed by atoms with E-state index in [1.165, 1.54) is 11.3 Å². The number of nitrogens with zero attached hydrogens (tertiary/aromatic N) is 1. The molecule has 1 unspecified atom stereocenters. The van der Waals surface area contributed by atoms with E-state index in [4.69, 9.17) is 23.2 Å². The molecule has 1 aliphatic rings. The fourth-order valence-electron chi connectivity index (χ4n) is 2.65. The van der Waals surface area contributed by atoms with Crippen LogP contribution in [-0.2, 0) is 0 Å². The molecule has 2 nitrogen and oxygen atoms in total. The molecule has 0 bridgehead atoms. The monoisotopic (exact) mass is 403 g/mol. The summed E-state index contributed by atoms with van der Waals surface area (Å²) in [6, 6.07) is 7.59. The van der Waals surface area contributed by atoms with Crippen molar-refractivity contribution < 1.29 is 4.79 Å². The van der Waals surface area contributed by atoms with Gasteiger partial charge in [0.05, 0.1) is 16.1 Å². The average molecular weight is 405 g/mol. The van der Waals surface area contributed by atoms with Crippen molar-refractivity contribution in [2.75, 3.05) is 6.54 Å². The Bertz CT molecular complexity index is 688. The van der Waals surface area contributed by atoms with Gasteiger partial charge in [0.25, 0.3) is 5.91 Å². The molecule has 1 amide bonds. The van der Waals surface area contributed by atoms with Crippen LogP contribution in [0.15, 0.2) is 34.1 Å². The van der Waals surface area contributed by atoms with Gasteiger partial charge in [0.1, 0.15) is 4.88 Å². The van der Waals surface area contributed by atoms with Gasteiger partial charge in [-0.3, -0.25) is 4.79 Å². The van der Waals surface area contributed by atoms with Crippen molar-refractivity contribution >= 4 is 56.4 Å². The Balaban J connectivity index is 1.90. The SMILES string of the molecule is O=C(c1sccc1Br)N1CCCC1c1ccc(Cl)c(Cl)c1. The summed E-state index contributed by atoms with van der Waals surface area (Å²) in [7, 11) is 0. The first kappa shape index (κ1) is 15.3. The number of likely N-dealkylation sites (tertiary alicyclic amines) is 1. The van der Waals surface area contributed by atoms with Gasteiger partial charge in [0, 0.05) is 11.0 Å². The van der Waals surface area contributed by atoms with Crippen molar-refractivity contribution in [2.24, 2.45) is 0 Å². The van der Waals surface area contributed by atoms with E-state index in [1.54, 1.807) is 6.07 Å². The Morgan fingerprint density at radius 3 is 2.76 bits per heavy atom. The molecule has 21 heavy (non-hydrogen) atoms. The van der Waals surface area contributed by atoms with Crippen LogP contribution in [0.3, 0.4) is 0 Å². The first-order valence-corrected chi connectivity index (χ1v) is 8.99. The molecule has 0 N–H and O–H groups in total. The molecular formula is C15H12BrCl2NOS. The minimum absolute atomic E-state index is 0.0706. The van der Waals surface area contributed by atoms with Gasteiger partial charge in [-0.2, -0.15) is 0 Å². The highest BCUT2D eigenvalue weighted by atomic mass is 79.9. The van der Waals surface area contributed by atoms with E-state index in [0.29, 0.717) is 10.0 Å². The highest BCUT2D eigenvalue weighted by molar-refractivity contribution is 9.10. The molecule has 1 aromatic heterocycles. The van der Waals surface area contributed by atoms with Gasteiger partial charge in [0.15, 0.2) is 0 Å². The quantitative estimate of drug-likeness (QED) is 0.619. The molecule has 1 aliphatic heterocycles. The topological polar surface area (TPSA) is 20.3 Å². The molecule has 6 heteroatoms. The highest BCUT2D eigenvalue weighted by Gasteiger charge is 2.32. The third kappa shape index (κ3) is 3.00. The number of hydrogen-bond acceptors (Lipinski definition) is 2. The van der Waals surface area contributed by atoms with Crippen LogP contribution < -0.4 is 0 Å². The summed E-state index contributed by atoms with van der Waals surface area (Å²) in [5, 5.41) is 2.99. The molecule has 0 aliphatic carbocycles. The van der Waals surface area contributed by atoms with Crippen molar-refractivity contribution in [3.8, 4) is 0 Å². The third-order valence-corrected chi connectivity index (χ3v) is 6.22. The van der Waals surface area contributed by atoms with Gasteiger partial charge in [0.2, 0.25) is 0 Å². The Morgan fingerprint density at radius 1 is 1.29 bits per heavy atom. The van der Waals surface area contributed by atoms with Crippen LogP contribution in [0.4, 0.5) is 0 Å². The van der Waals surface area contributed by atoms with Gasteiger partial charge in [-0.15, -0.1) is 11.3 Å². The Morgan fingerprint density at radius 2 is 2.10 bits per heavy atom. The fraction of sp³-hybridized carbons (Fsp3) is 0.267. The molecule has 1 atom stereocenters. The minimum Gasteiger partial charge on any atom is -0.331 e. The first-order valence-electron chi connectivity index (χ1n) is 6.57. The fourth-order valence-corrected chi connectivity index (χ4v) is 4.46. The second kappa shape index (κ2) is 6.29. The van der Waals surface area contributed by atoms with E-state index in [2.05, 4.69) is 15.9 Å². The lowest BCUT2D eigenvalue weighted by Gasteiger charge is -2.25. The van der Waals surface area contributed by atoms with Gasteiger partial charge in [-0.1, -0.05) is 29.3 Å². The first-order chi connectivity index (χ1) is 10.1. The second-order valence-electron chi connectivity index (χ2n) is 4.93. The zero-order chi connectivity index (χ0) is 15.0. The standard InChI is InChI=1S/C15H12BrCl2NOS/c16-10-5-7-21-14(10)15(20)19-6-1-2-13(19)9-3-4-11(17)12(18)8-9/h3-5,7-8,13H,1-2,6H2. The molecule has 110 valence electrons. The number of carbonyl (C=O) groups is 1. The number of benzene rings is 1. The van der Waals surface area contributed by atoms with Crippen LogP contribution in [0.25, 0.3) is 0 Å². The normalized spacial score (nSPS) is 18.2. The van der Waals surface area contributed by atoms with E-state index >= 15 is 0 Å². The molecule has 2 heterocycles. The lowest BCUT2D eigenvalue weighted by molar-refractivity contribution is 0.0740. The van der Waals surface area contributed by atoms with Crippen molar-refractivity contribution in [3.63, 3.8) is 0 Å². The van der Waals surface area contributed by atoms with Crippen LogP contribution in [0, 0.1) is 0 Å². The molecule has 0 saturated carbocycles. The minimum atomic E-state index is 0.0706. The van der Waals surface area contributed by atoms with Crippen LogP contribution in [0.5, 0.6) is 0 Å². The van der Waals surface area contributed by atoms with Crippen molar-refractivity contribution in [2.45, 2.75) is 18.9 Å². The van der Waals surface area contributed by atoms with Gasteiger partial charge in [-0.25, -0.2) is 0 Å². The molecule has 2 aromatic rings. The van der Waals surface area contributed by atoms with Crippen LogP contribution in [0.1, 0.15) is 34.1 Å². The zero-order valence-corrected chi connectivity index (χ0v) is 14.9. The van der Waals surface area contributed by atoms with E-state index in [1.807, 2.05) is 28.5 Å². The van der Waals surface area contributed by atoms with E-state index in [9.17, 15) is 4.79 Å². The van der Waals surface area contributed by atoms with Crippen molar-refractivity contribution in [1.29, 1.82) is 0 Å². The maximum atomic E-state index is 12.7. The number of halogens is 3. The maximum Gasteiger partial charge on any atom is 0.265 e. The average Bonchev–Trinajstić information content (AvgIpc) is 3.10. The molecular weight excluding hydrogens is 393 g/mol. The predicted molar refractivity (Wildman–Crippen MR) is 91.5 cm³/mol. The smallest absolute Gasteiger partial charge is 0.265 e. The number of thiophene rings is 1. The molecule has 1 fully saturated rings. The van der Waals surface area contributed by atoms with Gasteiger partial charge < -0.3 is 4.90 Å². The van der Waals surface area contributed by atoms with E-state index < -0.39 is 0 Å². The van der Waals surface area contributed by atoms with E-state index in [0.717, 1.165) is 34.3 Å². The second-order valence-corrected chi connectivity index (χ2v) is 7.51. The largest absolute Gasteiger partial charge is 0.331 e. The summed E-state index contributed by atoms with van der Waals surface area (Å²) in [6.45, 7) is 0.772. The lowest BCUT2D eigenvalue weighted by Crippen LogP contribution is -2.30. The summed E-state index contributed by atoms with van der Waals surface area (Å²) < 4.78 is 0.859. The highest BCUT2D eigenvalue weighted by Crippen LogP contribution is 2.37. The summed E-state index contributed by atoms with van der Waals surface area (Å²) in [5.74, 6) is 0.0745. The Hall–Kier alpha value is -0.550. The summed E-state index contributed by atoms with van der Waals surface area (Å²) >= 11 is 17.0. The number of amides is 1. The van der Waals surface area contributed by atoms with Gasteiger partial charge in [-0.05, 0) is 57.9 Å². The number of hydrogen-bond donors (Lipinski definition) is 0. The predicted octanol–water partition coefficient (Wildman–Crippen LogP) is 5.79. The summed E-state index contributed by atoms with van der Waals surface area (Å²) in [6.07, 6.45) is 1.95. The maximum absolute atomic E-state index is 12.7. The summed E-state index contributed by atoms with van der Waals surface area (Å²) in [5.41, 5.74) is 1.04. The zero-order valence-electron chi connectivity index (χ0n) is 11.0. The lowest BCUT2D eigenvalue weighted by atomic mass is 10.0. The number of carbonyl (C=O) groups excluding carboxylic acids is 1.